The minimum Gasteiger partial charge on any atom is -0.469 e. The second kappa shape index (κ2) is 17.6. The maximum Gasteiger partial charge on any atom is 0.342 e. The third-order valence-corrected chi connectivity index (χ3v) is 10.4. The lowest BCUT2D eigenvalue weighted by Crippen LogP contribution is -2.59. The first-order valence-corrected chi connectivity index (χ1v) is 18.0. The van der Waals surface area contributed by atoms with E-state index in [1.54, 1.807) is 32.1 Å². The van der Waals surface area contributed by atoms with Crippen LogP contribution in [-0.2, 0) is 57.7 Å². The number of carbonyl (C=O) groups excluding carboxylic acids is 4. The van der Waals surface area contributed by atoms with Crippen molar-refractivity contribution in [2.75, 3.05) is 13.7 Å². The largest absolute Gasteiger partial charge is 0.469 e. The van der Waals surface area contributed by atoms with Gasteiger partial charge in [-0.2, -0.15) is 0 Å². The van der Waals surface area contributed by atoms with E-state index in [1.165, 1.54) is 7.11 Å². The van der Waals surface area contributed by atoms with E-state index in [9.17, 15) is 39.6 Å². The molecule has 3 aliphatic heterocycles. The Bertz CT molecular complexity index is 2060. The average molecular weight is 777 g/mol. The van der Waals surface area contributed by atoms with Gasteiger partial charge >= 0.3 is 11.9 Å². The van der Waals surface area contributed by atoms with Crippen molar-refractivity contribution < 1.29 is 58.9 Å². The molecule has 16 heteroatoms. The highest BCUT2D eigenvalue weighted by Crippen LogP contribution is 2.32. The first kappa shape index (κ1) is 41.8. The van der Waals surface area contributed by atoms with Crippen LogP contribution < -0.4 is 10.6 Å². The number of allylic oxidation sites excluding steroid dienone is 2. The van der Waals surface area contributed by atoms with Crippen LogP contribution in [0.5, 0.6) is 0 Å². The van der Waals surface area contributed by atoms with Gasteiger partial charge in [-0.15, -0.1) is 4.89 Å². The molecule has 2 amide bonds. The normalized spacial score (nSPS) is 23.9. The van der Waals surface area contributed by atoms with Crippen LogP contribution in [0.3, 0.4) is 0 Å². The van der Waals surface area contributed by atoms with Crippen molar-refractivity contribution in [3.63, 3.8) is 0 Å². The van der Waals surface area contributed by atoms with Gasteiger partial charge in [0, 0.05) is 57.9 Å². The first-order valence-electron chi connectivity index (χ1n) is 18.0. The molecule has 2 aromatic heterocycles. The number of aliphatic hydroxyl groups is 4. The Morgan fingerprint density at radius 2 is 1.25 bits per heavy atom. The van der Waals surface area contributed by atoms with Gasteiger partial charge in [0.2, 0.25) is 6.29 Å². The van der Waals surface area contributed by atoms with E-state index in [-0.39, 0.29) is 43.5 Å². The summed E-state index contributed by atoms with van der Waals surface area (Å²) in [6.45, 7) is 14.2. The molecule has 5 atom stereocenters. The molecule has 1 fully saturated rings. The van der Waals surface area contributed by atoms with Crippen LogP contribution in [0.1, 0.15) is 71.7 Å². The average Bonchev–Trinajstić information content (AvgIpc) is 3.83. The number of methoxy groups -OCH3 is 1. The predicted octanol–water partition coefficient (Wildman–Crippen LogP) is 1.81. The lowest BCUT2D eigenvalue weighted by molar-refractivity contribution is -0.405. The van der Waals surface area contributed by atoms with Gasteiger partial charge in [-0.1, -0.05) is 25.3 Å². The first-order chi connectivity index (χ1) is 26.6. The molecule has 3 aliphatic rings. The fourth-order valence-corrected chi connectivity index (χ4v) is 6.99. The topological polar surface area (TPSA) is 242 Å². The number of esters is 1. The fourth-order valence-electron chi connectivity index (χ4n) is 6.99. The van der Waals surface area contributed by atoms with Gasteiger partial charge in [0.1, 0.15) is 24.4 Å². The lowest BCUT2D eigenvalue weighted by atomic mass is 9.98. The number of aromatic amines is 2. The number of aromatic nitrogens is 2. The van der Waals surface area contributed by atoms with Crippen LogP contribution >= 0.6 is 0 Å². The van der Waals surface area contributed by atoms with Crippen molar-refractivity contribution in [2.24, 2.45) is 0 Å². The van der Waals surface area contributed by atoms with E-state index >= 15 is 0 Å². The Kier molecular flexibility index (Phi) is 13.2. The smallest absolute Gasteiger partial charge is 0.342 e. The lowest BCUT2D eigenvalue weighted by Gasteiger charge is -2.38. The third kappa shape index (κ3) is 8.55. The summed E-state index contributed by atoms with van der Waals surface area (Å²) in [6.07, 6.45) is -0.557. The molecule has 8 N–H and O–H groups in total. The van der Waals surface area contributed by atoms with Crippen molar-refractivity contribution in [2.45, 2.75) is 90.5 Å². The van der Waals surface area contributed by atoms with Crippen molar-refractivity contribution in [3.05, 3.63) is 104 Å². The van der Waals surface area contributed by atoms with Crippen LogP contribution in [0, 0.1) is 13.8 Å². The van der Waals surface area contributed by atoms with Gasteiger partial charge in [0.15, 0.2) is 0 Å². The molecule has 56 heavy (non-hydrogen) atoms. The summed E-state index contributed by atoms with van der Waals surface area (Å²) < 4.78 is 10.2. The zero-order chi connectivity index (χ0) is 41.0. The molecule has 0 aromatic carbocycles. The van der Waals surface area contributed by atoms with Crippen molar-refractivity contribution in [3.8, 4) is 0 Å². The second-order valence-corrected chi connectivity index (χ2v) is 13.8. The maximum atomic E-state index is 13.0. The highest BCUT2D eigenvalue weighted by molar-refractivity contribution is 6.02. The molecule has 5 heterocycles. The number of amides is 2. The predicted molar refractivity (Wildman–Crippen MR) is 202 cm³/mol. The molecular weight excluding hydrogens is 728 g/mol. The summed E-state index contributed by atoms with van der Waals surface area (Å²) in [7, 11) is 1.32. The molecular formula is C40H48N4O12. The summed E-state index contributed by atoms with van der Waals surface area (Å²) in [6, 6.07) is 0. The molecule has 0 aliphatic carbocycles. The Hall–Kier alpha value is -5.36. The number of hydrogen-bond acceptors (Lipinski definition) is 12. The second-order valence-electron chi connectivity index (χ2n) is 13.8. The summed E-state index contributed by atoms with van der Waals surface area (Å²) in [5.41, 5.74) is 9.53. The Morgan fingerprint density at radius 1 is 0.768 bits per heavy atom. The van der Waals surface area contributed by atoms with Gasteiger partial charge < -0.3 is 50.5 Å². The molecule has 16 nitrogen and oxygen atoms in total. The molecule has 0 bridgehead atoms. The van der Waals surface area contributed by atoms with Crippen LogP contribution in [-0.4, -0.2) is 98.6 Å². The number of aliphatic hydroxyl groups excluding tert-OH is 4. The van der Waals surface area contributed by atoms with E-state index in [2.05, 4.69) is 33.8 Å². The van der Waals surface area contributed by atoms with Crippen LogP contribution in [0.25, 0.3) is 12.2 Å². The van der Waals surface area contributed by atoms with Gasteiger partial charge in [0.25, 0.3) is 11.8 Å². The van der Waals surface area contributed by atoms with E-state index in [1.807, 2.05) is 19.9 Å². The fraction of sp³-hybridized carbons (Fsp3) is 0.400. The molecule has 5 rings (SSSR count). The number of nitrogens with one attached hydrogen (secondary N) is 4. The van der Waals surface area contributed by atoms with Crippen molar-refractivity contribution >= 4 is 35.9 Å². The number of hydrogen-bond donors (Lipinski definition) is 8. The molecule has 1 saturated heterocycles. The zero-order valence-electron chi connectivity index (χ0n) is 31.9. The Labute approximate surface area is 323 Å². The van der Waals surface area contributed by atoms with E-state index in [0.717, 1.165) is 27.9 Å². The standard InChI is InChI=1S/C40H48N4O12/c1-8-22-20(5)38(51)43-28(22)14-26-18(3)24(10-12-33(46)53-7)30(41-26)16-31-25(19(4)27(42-31)15-29-23(9-2)21(6)39(52)44-29)11-13-34(47)55-56-40-37(50)36(49)35(48)32(17-45)54-40/h8-9,14-15,32,35-37,40-42,45,48-50H,1-2,10-13,16-17H2,3-7H3,(H,43,51)(H,44,52)/b28-14-,29-15-/t32-,35-,36+,37-,40+/m1/s1. The van der Waals surface area contributed by atoms with E-state index < -0.39 is 43.3 Å². The van der Waals surface area contributed by atoms with Gasteiger partial charge in [-0.3, -0.25) is 19.3 Å². The third-order valence-electron chi connectivity index (χ3n) is 10.4. The zero-order valence-corrected chi connectivity index (χ0v) is 31.9. The quantitative estimate of drug-likeness (QED) is 0.0734. The maximum absolute atomic E-state index is 13.0. The summed E-state index contributed by atoms with van der Waals surface area (Å²) in [5, 5.41) is 45.5. The van der Waals surface area contributed by atoms with Crippen molar-refractivity contribution in [1.82, 2.24) is 20.6 Å². The Morgan fingerprint density at radius 3 is 1.70 bits per heavy atom. The number of carbonyl (C=O) groups is 4. The number of H-pyrrole nitrogens is 2. The minimum atomic E-state index is -1.77. The summed E-state index contributed by atoms with van der Waals surface area (Å²) >= 11 is 0. The van der Waals surface area contributed by atoms with Crippen LogP contribution in [0.4, 0.5) is 0 Å². The van der Waals surface area contributed by atoms with Crippen LogP contribution in [0.15, 0.2) is 59.0 Å². The van der Waals surface area contributed by atoms with Crippen molar-refractivity contribution in [1.29, 1.82) is 0 Å². The Balaban J connectivity index is 1.48. The molecule has 300 valence electrons. The van der Waals surface area contributed by atoms with Gasteiger partial charge in [-0.05, 0) is 74.9 Å². The summed E-state index contributed by atoms with van der Waals surface area (Å²) in [4.78, 5) is 67.2. The molecule has 0 unspecified atom stereocenters. The minimum absolute atomic E-state index is 0.107. The summed E-state index contributed by atoms with van der Waals surface area (Å²) in [5.74, 6) is -1.70. The molecule has 2 aromatic rings. The molecule has 0 saturated carbocycles. The number of ether oxygens (including phenoxy) is 2. The highest BCUT2D eigenvalue weighted by Gasteiger charge is 2.45. The van der Waals surface area contributed by atoms with Crippen LogP contribution in [0.2, 0.25) is 0 Å². The van der Waals surface area contributed by atoms with Gasteiger partial charge in [-0.25, -0.2) is 4.79 Å². The molecule has 0 radical (unpaired) electrons. The molecule has 0 spiro atoms. The monoisotopic (exact) mass is 776 g/mol. The highest BCUT2D eigenvalue weighted by atomic mass is 17.2. The number of rotatable bonds is 15. The van der Waals surface area contributed by atoms with E-state index in [0.29, 0.717) is 57.2 Å². The van der Waals surface area contributed by atoms with E-state index in [4.69, 9.17) is 19.2 Å². The SMILES string of the molecule is C=CC1=C(C)C(=O)N/C1=C\c1[nH]c(Cc2[nH]c(/C=C3\NC(=O)C(C)=C3C=C)c(C)c2CCC(=O)OO[C@@H]2O[C@H](CO)[C@@H](O)[C@H](O)[C@H]2O)c(CCC(=O)OC)c1C. The van der Waals surface area contributed by atoms with Gasteiger partial charge in [0.05, 0.1) is 31.5 Å².